The molecule has 4 aliphatic carbocycles. The molecule has 0 spiro atoms. The van der Waals surface area contributed by atoms with Gasteiger partial charge in [0.25, 0.3) is 33.7 Å². The van der Waals surface area contributed by atoms with E-state index in [0.29, 0.717) is 84.9 Å². The van der Waals surface area contributed by atoms with Gasteiger partial charge < -0.3 is 41.7 Å². The highest BCUT2D eigenvalue weighted by molar-refractivity contribution is 7.85. The highest BCUT2D eigenvalue weighted by Crippen LogP contribution is 2.75. The third kappa shape index (κ3) is 17.6. The van der Waals surface area contributed by atoms with E-state index < -0.39 is 81.5 Å². The zero-order valence-electron chi connectivity index (χ0n) is 58.8. The lowest BCUT2D eigenvalue weighted by atomic mass is 9.35. The molecule has 2 unspecified atom stereocenters. The maximum absolute atomic E-state index is 14.8. The van der Waals surface area contributed by atoms with Gasteiger partial charge in [-0.1, -0.05) is 81.9 Å². The fraction of sp³-hybridized carbons (Fsp3) is 0.486. The number of nitrogens with two attached hydrogens (primary N) is 2. The van der Waals surface area contributed by atoms with Crippen molar-refractivity contribution < 1.29 is 66.0 Å². The van der Waals surface area contributed by atoms with Gasteiger partial charge in [-0.2, -0.15) is 13.5 Å². The number of rotatable bonds is 32. The van der Waals surface area contributed by atoms with Crippen LogP contribution in [0, 0.1) is 34.5 Å². The van der Waals surface area contributed by atoms with Crippen LogP contribution in [0.1, 0.15) is 161 Å². The van der Waals surface area contributed by atoms with Gasteiger partial charge in [-0.3, -0.25) is 53.1 Å². The number of carbonyl (C=O) groups excluding carboxylic acids is 8. The molecule has 27 nitrogen and oxygen atoms in total. The second-order valence-electron chi connectivity index (χ2n) is 29.8. The normalized spacial score (nSPS) is 21.0. The molecule has 6 aromatic rings. The summed E-state index contributed by atoms with van der Waals surface area (Å²) in [5.74, 6) is -4.93. The van der Waals surface area contributed by atoms with Crippen molar-refractivity contribution in [1.29, 1.82) is 0 Å². The van der Waals surface area contributed by atoms with E-state index in [4.69, 9.17) is 26.3 Å². The smallest absolute Gasteiger partial charge is 0.410 e. The largest absolute Gasteiger partial charge is 0.476 e. The van der Waals surface area contributed by atoms with Gasteiger partial charge in [0.05, 0.1) is 22.2 Å². The predicted molar refractivity (Wildman–Crippen MR) is 387 cm³/mol. The van der Waals surface area contributed by atoms with E-state index in [1.54, 1.807) is 56.4 Å². The molecular formula is C74H91N13O14S2. The molecule has 4 saturated carbocycles. The van der Waals surface area contributed by atoms with E-state index in [9.17, 15) is 61.2 Å². The first-order valence-corrected chi connectivity index (χ1v) is 37.6. The topological polar surface area (TPSA) is 382 Å². The fourth-order valence-corrected chi connectivity index (χ4v) is 19.0. The number of amides is 9. The number of carbonyl (C=O) groups is 9. The number of carboxylic acid groups (broad SMARTS) is 1. The fourth-order valence-electron chi connectivity index (χ4n) is 17.7. The van der Waals surface area contributed by atoms with E-state index in [1.165, 1.54) is 33.3 Å². The summed E-state index contributed by atoms with van der Waals surface area (Å²) in [5.41, 5.74) is 16.6. The Morgan fingerprint density at radius 1 is 0.806 bits per heavy atom. The summed E-state index contributed by atoms with van der Waals surface area (Å²) in [7, 11) is -4.51. The molecule has 6 aliphatic rings. The Bertz CT molecular complexity index is 4350. The van der Waals surface area contributed by atoms with Crippen molar-refractivity contribution in [2.24, 2.45) is 39.0 Å². The van der Waals surface area contributed by atoms with E-state index in [-0.39, 0.29) is 91.0 Å². The molecule has 4 fully saturated rings. The van der Waals surface area contributed by atoms with Gasteiger partial charge in [0, 0.05) is 92.5 Å². The third-order valence-corrected chi connectivity index (χ3v) is 22.6. The Morgan fingerprint density at radius 2 is 1.52 bits per heavy atom. The third-order valence-electron chi connectivity index (χ3n) is 21.0. The van der Waals surface area contributed by atoms with Gasteiger partial charge in [0.1, 0.15) is 24.5 Å². The van der Waals surface area contributed by atoms with E-state index in [2.05, 4.69) is 34.8 Å². The number of ether oxygens (including phenoxy) is 1. The average Bonchev–Trinajstić information content (AvgIpc) is 0.930. The summed E-state index contributed by atoms with van der Waals surface area (Å²) in [6, 6.07) is 20.1. The Balaban J connectivity index is 0.740. The van der Waals surface area contributed by atoms with Gasteiger partial charge in [-0.15, -0.1) is 0 Å². The van der Waals surface area contributed by atoms with Crippen LogP contribution in [0.4, 0.5) is 26.2 Å². The number of aromatic nitrogens is 4. The molecule has 4 atom stereocenters. The number of unbranched alkanes of at least 4 members (excludes halogenated alkanes) is 2. The highest BCUT2D eigenvalue weighted by Gasteiger charge is 2.65. The summed E-state index contributed by atoms with van der Waals surface area (Å²) < 4.78 is 43.2. The summed E-state index contributed by atoms with van der Waals surface area (Å²) in [6.07, 6.45) is 12.5. The molecule has 0 radical (unpaired) electrons. The first-order valence-electron chi connectivity index (χ1n) is 35.1. The monoisotopic (exact) mass is 1450 g/mol. The van der Waals surface area contributed by atoms with Gasteiger partial charge in [0.15, 0.2) is 10.8 Å². The average molecular weight is 1450 g/mol. The number of hydrogen-bond acceptors (Lipinski definition) is 17. The van der Waals surface area contributed by atoms with Crippen LogP contribution < -0.4 is 37.2 Å². The quantitative estimate of drug-likeness (QED) is 0.0117. The molecule has 3 aromatic carbocycles. The Hall–Kier alpha value is -9.61. The SMILES string of the molecule is Cc1c(-c2ccc(N3CCc4cccc(C(=O)Nc5nc6ccccc6s5)c4C3)nc2C(=O)O)cnn1CC12CC3(C)CC(C)(CC(CCCN(CCS(=O)(=O)O)C(=O)OCc4ccc(N(C(=O)[C@@H](NC(=O)CCCCCN5C(=O)C=CC5=O)C(C)C)[C@@H](CCCNC(N)=O)C(N)=O)cc4)(C3)C1)C2. The number of primary amides is 2. The van der Waals surface area contributed by atoms with E-state index in [0.717, 1.165) is 76.9 Å². The molecule has 4 bridgehead atoms. The van der Waals surface area contributed by atoms with Crippen molar-refractivity contribution in [1.82, 2.24) is 40.2 Å². The molecular weight excluding hydrogens is 1360 g/mol. The number of anilines is 3. The van der Waals surface area contributed by atoms with Gasteiger partial charge in [-0.25, -0.2) is 24.4 Å². The molecule has 12 rings (SSSR count). The zero-order valence-corrected chi connectivity index (χ0v) is 60.4. The molecule has 103 heavy (non-hydrogen) atoms. The van der Waals surface area contributed by atoms with Crippen molar-refractivity contribution in [3.63, 3.8) is 0 Å². The molecule has 5 heterocycles. The second-order valence-corrected chi connectivity index (χ2v) is 32.4. The van der Waals surface area contributed by atoms with Gasteiger partial charge >= 0.3 is 18.1 Å². The number of aromatic carboxylic acids is 1. The summed E-state index contributed by atoms with van der Waals surface area (Å²) >= 11 is 1.40. The van der Waals surface area contributed by atoms with Crippen LogP contribution >= 0.6 is 11.3 Å². The Labute approximate surface area is 602 Å². The first-order chi connectivity index (χ1) is 48.9. The number of para-hydroxylation sites is 1. The van der Waals surface area contributed by atoms with Crippen molar-refractivity contribution in [2.75, 3.05) is 53.6 Å². The number of hydrogen-bond donors (Lipinski definition) is 7. The van der Waals surface area contributed by atoms with Crippen LogP contribution in [-0.4, -0.2) is 152 Å². The predicted octanol–water partition coefficient (Wildman–Crippen LogP) is 9.31. The first kappa shape index (κ1) is 74.6. The molecule has 548 valence electrons. The van der Waals surface area contributed by atoms with Crippen LogP contribution in [0.3, 0.4) is 0 Å². The number of nitrogens with zero attached hydrogens (tertiary/aromatic N) is 8. The lowest BCUT2D eigenvalue weighted by Gasteiger charge is -2.70. The molecule has 0 saturated heterocycles. The second kappa shape index (κ2) is 30.8. The van der Waals surface area contributed by atoms with Crippen molar-refractivity contribution in [3.05, 3.63) is 131 Å². The van der Waals surface area contributed by atoms with E-state index in [1.807, 2.05) is 59.0 Å². The molecule has 29 heteroatoms. The lowest BCUT2D eigenvalue weighted by molar-refractivity contribution is -0.198. The van der Waals surface area contributed by atoms with Crippen LogP contribution in [0.25, 0.3) is 21.3 Å². The number of carboxylic acids is 1. The Kier molecular flexibility index (Phi) is 22.3. The number of benzene rings is 3. The van der Waals surface area contributed by atoms with Crippen LogP contribution in [-0.2, 0) is 64.9 Å². The minimum absolute atomic E-state index is 0.00475. The van der Waals surface area contributed by atoms with Crippen molar-refractivity contribution in [3.8, 4) is 11.1 Å². The van der Waals surface area contributed by atoms with E-state index >= 15 is 0 Å². The minimum atomic E-state index is -4.51. The highest BCUT2D eigenvalue weighted by atomic mass is 32.2. The number of urea groups is 1. The summed E-state index contributed by atoms with van der Waals surface area (Å²) in [6.45, 7) is 11.4. The number of nitrogens with one attached hydrogen (secondary N) is 3. The van der Waals surface area contributed by atoms with Crippen LogP contribution in [0.5, 0.6) is 0 Å². The molecule has 9 amide bonds. The zero-order chi connectivity index (χ0) is 73.8. The van der Waals surface area contributed by atoms with Crippen LogP contribution in [0.15, 0.2) is 97.2 Å². The number of thiazole rings is 1. The molecule has 3 aromatic heterocycles. The molecule has 9 N–H and O–H groups in total. The number of imide groups is 1. The lowest BCUT2D eigenvalue weighted by Crippen LogP contribution is -2.60. The Morgan fingerprint density at radius 3 is 2.20 bits per heavy atom. The minimum Gasteiger partial charge on any atom is -0.476 e. The van der Waals surface area contributed by atoms with Gasteiger partial charge in [0.2, 0.25) is 11.8 Å². The maximum Gasteiger partial charge on any atom is 0.410 e. The standard InChI is InChI=1S/C74H91N13O14S2/c1-46(2)62(81-59(88)19-7-6-10-32-85-60(89)26-27-61(85)90)66(93)87(56(64(75)91)17-12-30-77-68(76)96)50-22-20-48(21-23-50)38-101-70(97)83(34-35-103(98,99)100)31-13-29-73-40-71(4)39-72(5,41-73)43-74(42-71,44-73)45-86-47(3)53(36-78-86)51-24-25-58(80-63(51)67(94)95)84-33-28-49-14-11-15-52(54(49)37-84)65(92)82-69-79-55-16-8-9-18-57(55)102-69/h8-9,11,14-16,18,20-27,36,46,56,62H,6-7,10,12-13,17,19,28-35,37-45H2,1-5H3,(H2,75,91)(H,81,88)(H,94,95)(H3,76,77,96)(H,79,82,92)(H,98,99,100)/t56-,62-,71?,72?,73?,74?/m0/s1. The van der Waals surface area contributed by atoms with Gasteiger partial charge in [-0.05, 0) is 177 Å². The van der Waals surface area contributed by atoms with Crippen LogP contribution in [0.2, 0.25) is 0 Å². The number of pyridine rings is 1. The van der Waals surface area contributed by atoms with Crippen molar-refractivity contribution in [2.45, 2.75) is 163 Å². The summed E-state index contributed by atoms with van der Waals surface area (Å²) in [4.78, 5) is 133. The molecule has 2 aliphatic heterocycles. The number of fused-ring (bicyclic) bond motifs is 2. The van der Waals surface area contributed by atoms with Crippen molar-refractivity contribution >= 4 is 102 Å². The maximum atomic E-state index is 14.8. The summed E-state index contributed by atoms with van der Waals surface area (Å²) in [5, 5.41) is 24.5.